The summed E-state index contributed by atoms with van der Waals surface area (Å²) in [4.78, 5) is 12.4. The van der Waals surface area contributed by atoms with Gasteiger partial charge in [0.05, 0.1) is 23.1 Å². The average Bonchev–Trinajstić information content (AvgIpc) is 3.21. The van der Waals surface area contributed by atoms with E-state index in [0.717, 1.165) is 29.2 Å². The second-order valence-electron chi connectivity index (χ2n) is 6.16. The van der Waals surface area contributed by atoms with E-state index < -0.39 is 0 Å². The highest BCUT2D eigenvalue weighted by Gasteiger charge is 2.16. The molecule has 0 saturated heterocycles. The monoisotopic (exact) mass is 338 g/mol. The van der Waals surface area contributed by atoms with Crippen LogP contribution in [-0.2, 0) is 6.42 Å². The molecule has 130 valence electrons. The molecule has 0 bridgehead atoms. The van der Waals surface area contributed by atoms with Crippen LogP contribution in [0.2, 0.25) is 0 Å². The lowest BCUT2D eigenvalue weighted by Crippen LogP contribution is -2.26. The van der Waals surface area contributed by atoms with Gasteiger partial charge in [0.1, 0.15) is 0 Å². The first kappa shape index (κ1) is 17.0. The Bertz CT molecular complexity index is 877. The van der Waals surface area contributed by atoms with Crippen molar-refractivity contribution in [3.8, 4) is 5.69 Å². The third-order valence-electron chi connectivity index (χ3n) is 4.10. The summed E-state index contributed by atoms with van der Waals surface area (Å²) in [5, 5.41) is 11.3. The van der Waals surface area contributed by atoms with Crippen LogP contribution in [0.25, 0.3) is 5.69 Å². The first-order valence-electron chi connectivity index (χ1n) is 8.38. The van der Waals surface area contributed by atoms with Gasteiger partial charge < -0.3 is 9.84 Å². The predicted octanol–water partition coefficient (Wildman–Crippen LogP) is 3.53. The van der Waals surface area contributed by atoms with Crippen LogP contribution in [0, 0.1) is 13.8 Å². The van der Waals surface area contributed by atoms with Gasteiger partial charge in [-0.15, -0.1) is 0 Å². The third kappa shape index (κ3) is 3.63. The molecular weight excluding hydrogens is 316 g/mol. The van der Waals surface area contributed by atoms with Crippen molar-refractivity contribution < 1.29 is 9.32 Å². The van der Waals surface area contributed by atoms with Gasteiger partial charge in [-0.25, -0.2) is 4.68 Å². The zero-order valence-electron chi connectivity index (χ0n) is 14.9. The van der Waals surface area contributed by atoms with Crippen LogP contribution in [0.3, 0.4) is 0 Å². The van der Waals surface area contributed by atoms with Gasteiger partial charge in [-0.1, -0.05) is 12.1 Å². The van der Waals surface area contributed by atoms with E-state index in [1.165, 1.54) is 0 Å². The van der Waals surface area contributed by atoms with E-state index in [-0.39, 0.29) is 11.9 Å². The lowest BCUT2D eigenvalue weighted by Gasteiger charge is -2.11. The van der Waals surface area contributed by atoms with E-state index in [4.69, 9.17) is 4.52 Å². The normalized spacial score (nSPS) is 12.2. The number of nitrogens with zero attached hydrogens (tertiary/aromatic N) is 3. The van der Waals surface area contributed by atoms with Gasteiger partial charge in [-0.2, -0.15) is 5.10 Å². The third-order valence-corrected chi connectivity index (χ3v) is 4.10. The van der Waals surface area contributed by atoms with E-state index in [2.05, 4.69) is 15.6 Å². The maximum atomic E-state index is 12.4. The minimum atomic E-state index is -0.240. The number of benzene rings is 1. The summed E-state index contributed by atoms with van der Waals surface area (Å²) in [5.74, 6) is 0.506. The quantitative estimate of drug-likeness (QED) is 0.772. The summed E-state index contributed by atoms with van der Waals surface area (Å²) >= 11 is 0. The highest BCUT2D eigenvalue weighted by Crippen LogP contribution is 2.16. The fourth-order valence-electron chi connectivity index (χ4n) is 2.69. The number of aromatic nitrogens is 3. The topological polar surface area (TPSA) is 73.0 Å². The Labute approximate surface area is 146 Å². The van der Waals surface area contributed by atoms with Crippen LogP contribution in [-0.4, -0.2) is 20.8 Å². The maximum Gasteiger partial charge on any atom is 0.251 e. The standard InChI is InChI=1S/C19H22N4O2/c1-5-16-11-18(25-22-16)14(4)20-19(24)15-6-8-17(9-7-15)23-13(3)10-12(2)21-23/h6-11,14H,5H2,1-4H3,(H,20,24)/t14-/m0/s1. The van der Waals surface area contributed by atoms with Crippen molar-refractivity contribution in [3.63, 3.8) is 0 Å². The highest BCUT2D eigenvalue weighted by molar-refractivity contribution is 5.94. The van der Waals surface area contributed by atoms with Crippen LogP contribution >= 0.6 is 0 Å². The number of carbonyl (C=O) groups is 1. The first-order valence-corrected chi connectivity index (χ1v) is 8.38. The molecular formula is C19H22N4O2. The highest BCUT2D eigenvalue weighted by atomic mass is 16.5. The molecule has 1 atom stereocenters. The summed E-state index contributed by atoms with van der Waals surface area (Å²) in [5.41, 5.74) is 4.42. The molecule has 3 rings (SSSR count). The number of amides is 1. The molecule has 6 heteroatoms. The lowest BCUT2D eigenvalue weighted by atomic mass is 10.1. The molecule has 1 amide bonds. The molecule has 0 saturated carbocycles. The molecule has 3 aromatic rings. The number of nitrogens with one attached hydrogen (secondary N) is 1. The van der Waals surface area contributed by atoms with Crippen LogP contribution in [0.5, 0.6) is 0 Å². The van der Waals surface area contributed by atoms with Crippen molar-refractivity contribution in [1.29, 1.82) is 0 Å². The largest absolute Gasteiger partial charge is 0.359 e. The van der Waals surface area contributed by atoms with Gasteiger partial charge in [-0.3, -0.25) is 4.79 Å². The van der Waals surface area contributed by atoms with Crippen molar-refractivity contribution in [2.75, 3.05) is 0 Å². The molecule has 0 unspecified atom stereocenters. The van der Waals surface area contributed by atoms with Crippen molar-refractivity contribution in [2.45, 2.75) is 40.2 Å². The molecule has 1 aromatic carbocycles. The lowest BCUT2D eigenvalue weighted by molar-refractivity contribution is 0.0934. The number of rotatable bonds is 5. The zero-order valence-corrected chi connectivity index (χ0v) is 14.9. The average molecular weight is 338 g/mol. The predicted molar refractivity (Wildman–Crippen MR) is 94.8 cm³/mol. The molecule has 0 fully saturated rings. The van der Waals surface area contributed by atoms with Crippen molar-refractivity contribution in [1.82, 2.24) is 20.3 Å². The van der Waals surface area contributed by atoms with Gasteiger partial charge in [0.25, 0.3) is 5.91 Å². The van der Waals surface area contributed by atoms with E-state index >= 15 is 0 Å². The van der Waals surface area contributed by atoms with Gasteiger partial charge in [0.2, 0.25) is 0 Å². The van der Waals surface area contributed by atoms with Crippen molar-refractivity contribution >= 4 is 5.91 Å². The Morgan fingerprint density at radius 1 is 1.24 bits per heavy atom. The zero-order chi connectivity index (χ0) is 18.0. The molecule has 0 aliphatic heterocycles. The Kier molecular flexibility index (Phi) is 4.70. The number of hydrogen-bond donors (Lipinski definition) is 1. The maximum absolute atomic E-state index is 12.4. The second-order valence-corrected chi connectivity index (χ2v) is 6.16. The van der Waals surface area contributed by atoms with E-state index in [0.29, 0.717) is 11.3 Å². The second kappa shape index (κ2) is 6.93. The molecule has 1 N–H and O–H groups in total. The van der Waals surface area contributed by atoms with Gasteiger partial charge in [0, 0.05) is 17.3 Å². The SMILES string of the molecule is CCc1cc([C@H](C)NC(=O)c2ccc(-n3nc(C)cc3C)cc2)on1. The Morgan fingerprint density at radius 3 is 2.52 bits per heavy atom. The molecule has 0 radical (unpaired) electrons. The molecule has 0 spiro atoms. The first-order chi connectivity index (χ1) is 12.0. The minimum Gasteiger partial charge on any atom is -0.359 e. The number of hydrogen-bond acceptors (Lipinski definition) is 4. The van der Waals surface area contributed by atoms with Gasteiger partial charge >= 0.3 is 0 Å². The van der Waals surface area contributed by atoms with Crippen molar-refractivity contribution in [2.24, 2.45) is 0 Å². The summed E-state index contributed by atoms with van der Waals surface area (Å²) in [6, 6.07) is 11.0. The van der Waals surface area contributed by atoms with Gasteiger partial charge in [-0.05, 0) is 57.5 Å². The van der Waals surface area contributed by atoms with Crippen LogP contribution in [0.15, 0.2) is 40.9 Å². The Hall–Kier alpha value is -2.89. The van der Waals surface area contributed by atoms with E-state index in [9.17, 15) is 4.79 Å². The molecule has 0 aliphatic rings. The van der Waals surface area contributed by atoms with Crippen LogP contribution in [0.4, 0.5) is 0 Å². The van der Waals surface area contributed by atoms with E-state index in [1.54, 1.807) is 12.1 Å². The molecule has 2 aromatic heterocycles. The minimum absolute atomic E-state index is 0.151. The summed E-state index contributed by atoms with van der Waals surface area (Å²) < 4.78 is 7.13. The summed E-state index contributed by atoms with van der Waals surface area (Å²) in [7, 11) is 0. The summed E-state index contributed by atoms with van der Waals surface area (Å²) in [6.07, 6.45) is 0.804. The molecule has 25 heavy (non-hydrogen) atoms. The Morgan fingerprint density at radius 2 is 1.96 bits per heavy atom. The molecule has 2 heterocycles. The fourth-order valence-corrected chi connectivity index (χ4v) is 2.69. The number of carbonyl (C=O) groups excluding carboxylic acids is 1. The smallest absolute Gasteiger partial charge is 0.251 e. The Balaban J connectivity index is 1.71. The molecule has 6 nitrogen and oxygen atoms in total. The van der Waals surface area contributed by atoms with E-state index in [1.807, 2.05) is 56.6 Å². The molecule has 0 aliphatic carbocycles. The van der Waals surface area contributed by atoms with Crippen molar-refractivity contribution in [3.05, 3.63) is 64.8 Å². The fraction of sp³-hybridized carbons (Fsp3) is 0.316. The van der Waals surface area contributed by atoms with Crippen LogP contribution in [0.1, 0.15) is 53.1 Å². The summed E-state index contributed by atoms with van der Waals surface area (Å²) in [6.45, 7) is 7.85. The number of aryl methyl sites for hydroxylation is 3. The van der Waals surface area contributed by atoms with Crippen LogP contribution < -0.4 is 5.32 Å². The van der Waals surface area contributed by atoms with Gasteiger partial charge in [0.15, 0.2) is 5.76 Å².